The number of carbonyl (C=O) groups excluding carboxylic acids is 2. The maximum Gasteiger partial charge on any atom is 0.407 e. The van der Waals surface area contributed by atoms with Gasteiger partial charge in [0.25, 0.3) is 0 Å². The second kappa shape index (κ2) is 11.8. The average molecular weight is 638 g/mol. The molecule has 0 radical (unpaired) electrons. The van der Waals surface area contributed by atoms with Crippen molar-refractivity contribution in [3.8, 4) is 0 Å². The number of hydrogen-bond donors (Lipinski definition) is 5. The number of esters is 1. The Bertz CT molecular complexity index is 1190. The molecule has 1 saturated heterocycles. The molecule has 2 saturated carbocycles. The Morgan fingerprint density at radius 3 is 2.22 bits per heavy atom. The van der Waals surface area contributed by atoms with E-state index in [9.17, 15) is 30.0 Å². The lowest BCUT2D eigenvalue weighted by Gasteiger charge is -2.70. The molecule has 12 atom stereocenters. The first-order valence-corrected chi connectivity index (χ1v) is 16.7. The number of aliphatic hydroxyl groups is 4. The Morgan fingerprint density at radius 1 is 1.11 bits per heavy atom. The largest absolute Gasteiger partial charge is 0.456 e. The van der Waals surface area contributed by atoms with Crippen LogP contribution in [0.2, 0.25) is 0 Å². The molecule has 3 fully saturated rings. The summed E-state index contributed by atoms with van der Waals surface area (Å²) < 4.78 is 17.4. The fourth-order valence-electron chi connectivity index (χ4n) is 9.94. The van der Waals surface area contributed by atoms with E-state index in [1.165, 1.54) is 0 Å². The number of nitrogens with one attached hydrogen (secondary N) is 1. The van der Waals surface area contributed by atoms with E-state index in [1.807, 2.05) is 55.4 Å². The standard InChI is InChI=1S/C35H59NO9/c1-17(2)13-21(36-30(41)45-31(6,7)8)26(38)29(40)44-22-15-35(42)20(5)27-33(11)16-43-24(33)14-23(37)34(27,12)28(39)19(4)25(18(22)3)32(35,9)10/h17,19-24,26-28,37-39,42H,13-16H2,1-12H3,(H,36,41)/t19-,20-,21-,22-,23-,24+,26?,27+,28-,33+,34+,35+/m0/s1. The van der Waals surface area contributed by atoms with Crippen LogP contribution in [0, 0.1) is 39.9 Å². The summed E-state index contributed by atoms with van der Waals surface area (Å²) in [4.78, 5) is 26.2. The van der Waals surface area contributed by atoms with Crippen molar-refractivity contribution in [3.63, 3.8) is 0 Å². The number of fused-ring (bicyclic) bond motifs is 5. The molecule has 1 unspecified atom stereocenters. The maximum absolute atomic E-state index is 13.6. The third kappa shape index (κ3) is 5.74. The van der Waals surface area contributed by atoms with Crippen molar-refractivity contribution in [2.24, 2.45) is 39.9 Å². The molecule has 0 aromatic rings. The van der Waals surface area contributed by atoms with Gasteiger partial charge in [0.15, 0.2) is 6.10 Å². The number of carbonyl (C=O) groups is 2. The summed E-state index contributed by atoms with van der Waals surface area (Å²) in [5, 5.41) is 50.5. The van der Waals surface area contributed by atoms with Gasteiger partial charge in [-0.2, -0.15) is 0 Å². The third-order valence-corrected chi connectivity index (χ3v) is 12.2. The van der Waals surface area contributed by atoms with Gasteiger partial charge in [-0.3, -0.25) is 0 Å². The summed E-state index contributed by atoms with van der Waals surface area (Å²) in [5.74, 6) is -2.07. The molecule has 1 aliphatic heterocycles. The van der Waals surface area contributed by atoms with Gasteiger partial charge in [-0.1, -0.05) is 61.0 Å². The van der Waals surface area contributed by atoms with Crippen LogP contribution in [0.25, 0.3) is 0 Å². The normalized spacial score (nSPS) is 42.3. The zero-order valence-corrected chi connectivity index (χ0v) is 29.4. The van der Waals surface area contributed by atoms with Crippen LogP contribution in [0.1, 0.15) is 102 Å². The molecule has 4 rings (SSSR count). The van der Waals surface area contributed by atoms with Gasteiger partial charge in [0, 0.05) is 35.0 Å². The lowest BCUT2D eigenvalue weighted by atomic mass is 9.39. The lowest BCUT2D eigenvalue weighted by Crippen LogP contribution is -2.75. The second-order valence-corrected chi connectivity index (χ2v) is 17.0. The Morgan fingerprint density at radius 2 is 1.71 bits per heavy atom. The van der Waals surface area contributed by atoms with Crippen LogP contribution in [0.3, 0.4) is 0 Å². The highest BCUT2D eigenvalue weighted by Gasteiger charge is 2.72. The van der Waals surface area contributed by atoms with E-state index in [0.29, 0.717) is 25.0 Å². The van der Waals surface area contributed by atoms with Gasteiger partial charge in [-0.05, 0) is 57.4 Å². The van der Waals surface area contributed by atoms with Gasteiger partial charge in [-0.15, -0.1) is 0 Å². The first-order valence-electron chi connectivity index (χ1n) is 16.7. The quantitative estimate of drug-likeness (QED) is 0.214. The van der Waals surface area contributed by atoms with Crippen LogP contribution < -0.4 is 5.32 Å². The van der Waals surface area contributed by atoms with Crippen LogP contribution in [0.4, 0.5) is 4.79 Å². The third-order valence-electron chi connectivity index (χ3n) is 12.2. The van der Waals surface area contributed by atoms with E-state index in [2.05, 4.69) is 12.2 Å². The lowest BCUT2D eigenvalue weighted by molar-refractivity contribution is -0.325. The van der Waals surface area contributed by atoms with Crippen molar-refractivity contribution in [1.29, 1.82) is 0 Å². The zero-order chi connectivity index (χ0) is 34.2. The van der Waals surface area contributed by atoms with Crippen LogP contribution in [0.15, 0.2) is 11.1 Å². The molecule has 10 heteroatoms. The SMILES string of the molecule is CC1=C2[C@H](C)[C@H](O)[C@@]3(C)[C@H]([C@H](C)[C@](O)(C[C@@H]1OC(=O)C(O)[C@H](CC(C)C)NC(=O)OC(C)(C)C)C2(C)C)[C@]1(C)CO[C@@H]1C[C@@H]3O. The van der Waals surface area contributed by atoms with E-state index < -0.39 is 76.4 Å². The second-order valence-electron chi connectivity index (χ2n) is 17.0. The van der Waals surface area contributed by atoms with Crippen molar-refractivity contribution < 1.29 is 44.2 Å². The molecule has 258 valence electrons. The van der Waals surface area contributed by atoms with E-state index >= 15 is 0 Å². The van der Waals surface area contributed by atoms with E-state index in [4.69, 9.17) is 14.2 Å². The van der Waals surface area contributed by atoms with Gasteiger partial charge in [-0.25, -0.2) is 9.59 Å². The van der Waals surface area contributed by atoms with E-state index in [1.54, 1.807) is 20.8 Å². The first kappa shape index (κ1) is 36.1. The highest BCUT2D eigenvalue weighted by molar-refractivity contribution is 5.77. The minimum absolute atomic E-state index is 0.0445. The summed E-state index contributed by atoms with van der Waals surface area (Å²) in [6.07, 6.45) is -4.43. The van der Waals surface area contributed by atoms with Crippen molar-refractivity contribution >= 4 is 12.1 Å². The number of amides is 1. The number of rotatable bonds is 6. The van der Waals surface area contributed by atoms with Gasteiger partial charge in [0.05, 0.1) is 36.6 Å². The molecule has 1 amide bonds. The molecule has 1 heterocycles. The fourth-order valence-corrected chi connectivity index (χ4v) is 9.94. The molecule has 0 spiro atoms. The Balaban J connectivity index is 1.72. The molecule has 3 aliphatic carbocycles. The molecular formula is C35H59NO9. The molecule has 0 aromatic heterocycles. The van der Waals surface area contributed by atoms with Crippen molar-refractivity contribution in [2.45, 2.75) is 150 Å². The molecule has 4 aliphatic rings. The molecule has 5 N–H and O–H groups in total. The van der Waals surface area contributed by atoms with Crippen LogP contribution in [-0.2, 0) is 19.0 Å². The number of hydrogen-bond acceptors (Lipinski definition) is 9. The summed E-state index contributed by atoms with van der Waals surface area (Å²) in [6, 6.07) is -0.950. The Labute approximate surface area is 269 Å². The van der Waals surface area contributed by atoms with Crippen molar-refractivity contribution in [3.05, 3.63) is 11.1 Å². The van der Waals surface area contributed by atoms with Gasteiger partial charge < -0.3 is 40.0 Å². The highest BCUT2D eigenvalue weighted by atomic mass is 16.6. The van der Waals surface area contributed by atoms with Crippen LogP contribution in [-0.4, -0.2) is 86.9 Å². The van der Waals surface area contributed by atoms with Crippen LogP contribution >= 0.6 is 0 Å². The number of alkyl carbamates (subject to hydrolysis) is 1. The average Bonchev–Trinajstić information content (AvgIpc) is 2.89. The van der Waals surface area contributed by atoms with Gasteiger partial charge in [0.2, 0.25) is 0 Å². The molecule has 0 aromatic carbocycles. The minimum Gasteiger partial charge on any atom is -0.456 e. The highest BCUT2D eigenvalue weighted by Crippen LogP contribution is 2.68. The smallest absolute Gasteiger partial charge is 0.407 e. The van der Waals surface area contributed by atoms with Crippen molar-refractivity contribution in [1.82, 2.24) is 5.32 Å². The predicted octanol–water partition coefficient (Wildman–Crippen LogP) is 4.11. The monoisotopic (exact) mass is 637 g/mol. The van der Waals surface area contributed by atoms with E-state index in [-0.39, 0.29) is 29.8 Å². The zero-order valence-electron chi connectivity index (χ0n) is 29.4. The number of ether oxygens (including phenoxy) is 3. The van der Waals surface area contributed by atoms with Crippen LogP contribution in [0.5, 0.6) is 0 Å². The van der Waals surface area contributed by atoms with Crippen molar-refractivity contribution in [2.75, 3.05) is 6.61 Å². The molecule has 2 bridgehead atoms. The summed E-state index contributed by atoms with van der Waals surface area (Å²) in [5.41, 5.74) is -2.74. The maximum atomic E-state index is 13.6. The summed E-state index contributed by atoms with van der Waals surface area (Å²) >= 11 is 0. The Hall–Kier alpha value is -1.72. The van der Waals surface area contributed by atoms with Gasteiger partial charge in [0.1, 0.15) is 11.7 Å². The first-order chi connectivity index (χ1) is 20.4. The topological polar surface area (TPSA) is 155 Å². The molecule has 45 heavy (non-hydrogen) atoms. The fraction of sp³-hybridized carbons (Fsp3) is 0.886. The summed E-state index contributed by atoms with van der Waals surface area (Å²) in [6.45, 7) is 23.3. The Kier molecular flexibility index (Phi) is 9.44. The van der Waals surface area contributed by atoms with E-state index in [0.717, 1.165) is 5.57 Å². The number of aliphatic hydroxyl groups excluding tert-OH is 3. The molecule has 10 nitrogen and oxygen atoms in total. The molecular weight excluding hydrogens is 578 g/mol. The predicted molar refractivity (Wildman–Crippen MR) is 169 cm³/mol. The van der Waals surface area contributed by atoms with Gasteiger partial charge >= 0.3 is 12.1 Å². The minimum atomic E-state index is -1.67. The summed E-state index contributed by atoms with van der Waals surface area (Å²) in [7, 11) is 0.